The number of imidazole rings is 1. The molecule has 4 nitrogen and oxygen atoms in total. The van der Waals surface area contributed by atoms with E-state index in [1.807, 2.05) is 6.92 Å². The minimum atomic E-state index is -1.63. The largest absolute Gasteiger partial charge is 0.319 e. The monoisotopic (exact) mass is 305 g/mol. The lowest BCUT2D eigenvalue weighted by Crippen LogP contribution is -2.14. The van der Waals surface area contributed by atoms with Crippen LogP contribution in [0.3, 0.4) is 0 Å². The number of rotatable bonds is 2. The average Bonchev–Trinajstić information content (AvgIpc) is 2.86. The van der Waals surface area contributed by atoms with Crippen molar-refractivity contribution in [1.82, 2.24) is 9.38 Å². The van der Waals surface area contributed by atoms with Gasteiger partial charge in [-0.25, -0.2) is 18.2 Å². The number of carbonyl (C=O) groups is 1. The van der Waals surface area contributed by atoms with E-state index in [9.17, 15) is 18.0 Å². The Morgan fingerprint density at radius 2 is 1.86 bits per heavy atom. The standard InChI is InChI=1S/C15H10F3N3O/c1-8-6-21-7-9(2-5-12(21)19-8)15(22)20-11-4-3-10(16)13(17)14(11)18/h2-7H,1H3,(H,20,22). The van der Waals surface area contributed by atoms with Crippen LogP contribution in [-0.2, 0) is 0 Å². The lowest BCUT2D eigenvalue weighted by atomic mass is 10.2. The molecule has 0 saturated carbocycles. The van der Waals surface area contributed by atoms with E-state index in [0.29, 0.717) is 5.65 Å². The maximum atomic E-state index is 13.5. The van der Waals surface area contributed by atoms with Crippen molar-refractivity contribution in [3.63, 3.8) is 0 Å². The normalized spacial score (nSPS) is 10.9. The van der Waals surface area contributed by atoms with Crippen molar-refractivity contribution in [2.75, 3.05) is 5.32 Å². The molecule has 112 valence electrons. The molecule has 1 N–H and O–H groups in total. The second-order valence-corrected chi connectivity index (χ2v) is 4.74. The number of anilines is 1. The van der Waals surface area contributed by atoms with Gasteiger partial charge in [0.15, 0.2) is 17.5 Å². The highest BCUT2D eigenvalue weighted by molar-refractivity contribution is 6.04. The Kier molecular flexibility index (Phi) is 3.32. The Morgan fingerprint density at radius 3 is 2.64 bits per heavy atom. The second kappa shape index (κ2) is 5.18. The summed E-state index contributed by atoms with van der Waals surface area (Å²) in [5, 5.41) is 2.21. The molecular formula is C15H10F3N3O. The predicted molar refractivity (Wildman–Crippen MR) is 74.2 cm³/mol. The van der Waals surface area contributed by atoms with Gasteiger partial charge in [0.05, 0.1) is 16.9 Å². The van der Waals surface area contributed by atoms with Crippen molar-refractivity contribution < 1.29 is 18.0 Å². The van der Waals surface area contributed by atoms with Gasteiger partial charge in [0.25, 0.3) is 5.91 Å². The minimum absolute atomic E-state index is 0.231. The Balaban J connectivity index is 1.91. The number of aryl methyl sites for hydroxylation is 1. The van der Waals surface area contributed by atoms with Crippen LogP contribution in [0.2, 0.25) is 0 Å². The third-order valence-corrected chi connectivity index (χ3v) is 3.12. The van der Waals surface area contributed by atoms with Crippen LogP contribution in [0.25, 0.3) is 5.65 Å². The number of hydrogen-bond donors (Lipinski definition) is 1. The number of nitrogens with zero attached hydrogens (tertiary/aromatic N) is 2. The van der Waals surface area contributed by atoms with E-state index in [4.69, 9.17) is 0 Å². The van der Waals surface area contributed by atoms with Crippen molar-refractivity contribution in [2.24, 2.45) is 0 Å². The molecular weight excluding hydrogens is 295 g/mol. The zero-order valence-electron chi connectivity index (χ0n) is 11.4. The summed E-state index contributed by atoms with van der Waals surface area (Å²) in [5.74, 6) is -5.02. The number of carbonyl (C=O) groups excluding carboxylic acids is 1. The van der Waals surface area contributed by atoms with Gasteiger partial charge in [-0.05, 0) is 31.2 Å². The van der Waals surface area contributed by atoms with Gasteiger partial charge in [-0.15, -0.1) is 0 Å². The molecule has 0 bridgehead atoms. The lowest BCUT2D eigenvalue weighted by Gasteiger charge is -2.07. The van der Waals surface area contributed by atoms with Gasteiger partial charge in [0, 0.05) is 12.4 Å². The first-order chi connectivity index (χ1) is 10.5. The molecule has 0 atom stereocenters. The Bertz CT molecular complexity index is 889. The van der Waals surface area contributed by atoms with Crippen molar-refractivity contribution in [1.29, 1.82) is 0 Å². The summed E-state index contributed by atoms with van der Waals surface area (Å²) in [6.45, 7) is 1.81. The molecule has 1 aromatic carbocycles. The molecule has 2 aromatic heterocycles. The zero-order chi connectivity index (χ0) is 15.9. The van der Waals surface area contributed by atoms with Crippen molar-refractivity contribution >= 4 is 17.2 Å². The molecule has 3 aromatic rings. The van der Waals surface area contributed by atoms with E-state index in [0.717, 1.165) is 17.8 Å². The smallest absolute Gasteiger partial charge is 0.257 e. The van der Waals surface area contributed by atoms with Gasteiger partial charge < -0.3 is 9.72 Å². The van der Waals surface area contributed by atoms with Crippen LogP contribution in [0.5, 0.6) is 0 Å². The second-order valence-electron chi connectivity index (χ2n) is 4.74. The molecule has 0 radical (unpaired) electrons. The quantitative estimate of drug-likeness (QED) is 0.738. The first kappa shape index (κ1) is 14.1. The topological polar surface area (TPSA) is 46.4 Å². The van der Waals surface area contributed by atoms with Crippen LogP contribution >= 0.6 is 0 Å². The Morgan fingerprint density at radius 1 is 1.09 bits per heavy atom. The predicted octanol–water partition coefficient (Wildman–Crippen LogP) is 3.31. The van der Waals surface area contributed by atoms with Crippen LogP contribution in [0.4, 0.5) is 18.9 Å². The van der Waals surface area contributed by atoms with Gasteiger partial charge in [-0.2, -0.15) is 0 Å². The molecule has 2 heterocycles. The highest BCUT2D eigenvalue weighted by Gasteiger charge is 2.16. The highest BCUT2D eigenvalue weighted by atomic mass is 19.2. The molecule has 0 spiro atoms. The average molecular weight is 305 g/mol. The summed E-state index contributed by atoms with van der Waals surface area (Å²) in [4.78, 5) is 16.3. The third kappa shape index (κ3) is 2.41. The molecule has 1 amide bonds. The van der Waals surface area contributed by atoms with Crippen LogP contribution in [0.1, 0.15) is 16.1 Å². The SMILES string of the molecule is Cc1cn2cc(C(=O)Nc3ccc(F)c(F)c3F)ccc2n1. The maximum Gasteiger partial charge on any atom is 0.257 e. The summed E-state index contributed by atoms with van der Waals surface area (Å²) in [5.41, 5.74) is 1.25. The fraction of sp³-hybridized carbons (Fsp3) is 0.0667. The summed E-state index contributed by atoms with van der Waals surface area (Å²) >= 11 is 0. The van der Waals surface area contributed by atoms with Crippen LogP contribution in [0.15, 0.2) is 36.7 Å². The number of benzene rings is 1. The molecule has 0 aliphatic heterocycles. The maximum absolute atomic E-state index is 13.5. The Labute approximate surface area is 123 Å². The molecule has 7 heteroatoms. The zero-order valence-corrected chi connectivity index (χ0v) is 11.4. The summed E-state index contributed by atoms with van der Waals surface area (Å²) < 4.78 is 41.2. The molecule has 0 unspecified atom stereocenters. The Hall–Kier alpha value is -2.83. The van der Waals surface area contributed by atoms with Crippen molar-refractivity contribution in [3.8, 4) is 0 Å². The van der Waals surface area contributed by atoms with E-state index >= 15 is 0 Å². The first-order valence-corrected chi connectivity index (χ1v) is 6.36. The number of halogens is 3. The lowest BCUT2D eigenvalue weighted by molar-refractivity contribution is 0.102. The van der Waals surface area contributed by atoms with E-state index in [-0.39, 0.29) is 5.56 Å². The fourth-order valence-corrected chi connectivity index (χ4v) is 2.07. The van der Waals surface area contributed by atoms with Crippen LogP contribution in [-0.4, -0.2) is 15.3 Å². The van der Waals surface area contributed by atoms with Gasteiger partial charge in [0.1, 0.15) is 5.65 Å². The van der Waals surface area contributed by atoms with E-state index in [1.54, 1.807) is 16.7 Å². The summed E-state index contributed by atoms with van der Waals surface area (Å²) in [6.07, 6.45) is 3.24. The van der Waals surface area contributed by atoms with E-state index < -0.39 is 29.0 Å². The molecule has 22 heavy (non-hydrogen) atoms. The summed E-state index contributed by atoms with van der Waals surface area (Å²) in [6, 6.07) is 4.85. The molecule has 3 rings (SSSR count). The number of nitrogens with one attached hydrogen (secondary N) is 1. The van der Waals surface area contributed by atoms with Gasteiger partial charge in [-0.1, -0.05) is 0 Å². The van der Waals surface area contributed by atoms with Crippen molar-refractivity contribution in [3.05, 3.63) is 65.4 Å². The van der Waals surface area contributed by atoms with Crippen LogP contribution in [0, 0.1) is 24.4 Å². The van der Waals surface area contributed by atoms with Crippen LogP contribution < -0.4 is 5.32 Å². The summed E-state index contributed by atoms with van der Waals surface area (Å²) in [7, 11) is 0. The molecule has 0 aliphatic rings. The molecule has 0 fully saturated rings. The first-order valence-electron chi connectivity index (χ1n) is 6.36. The number of pyridine rings is 1. The van der Waals surface area contributed by atoms with E-state index in [1.165, 1.54) is 12.3 Å². The van der Waals surface area contributed by atoms with Crippen molar-refractivity contribution in [2.45, 2.75) is 6.92 Å². The molecule has 0 saturated heterocycles. The molecule has 0 aliphatic carbocycles. The van der Waals surface area contributed by atoms with Gasteiger partial charge >= 0.3 is 0 Å². The number of aromatic nitrogens is 2. The number of hydrogen-bond acceptors (Lipinski definition) is 2. The number of amides is 1. The van der Waals surface area contributed by atoms with E-state index in [2.05, 4.69) is 10.3 Å². The van der Waals surface area contributed by atoms with Gasteiger partial charge in [0.2, 0.25) is 0 Å². The number of fused-ring (bicyclic) bond motifs is 1. The fourth-order valence-electron chi connectivity index (χ4n) is 2.07. The highest BCUT2D eigenvalue weighted by Crippen LogP contribution is 2.20. The van der Waals surface area contributed by atoms with Gasteiger partial charge in [-0.3, -0.25) is 4.79 Å². The minimum Gasteiger partial charge on any atom is -0.319 e. The third-order valence-electron chi connectivity index (χ3n) is 3.12.